The highest BCUT2D eigenvalue weighted by Gasteiger charge is 2.21. The van der Waals surface area contributed by atoms with E-state index in [0.29, 0.717) is 0 Å². The summed E-state index contributed by atoms with van der Waals surface area (Å²) in [6.45, 7) is 0. The van der Waals surface area contributed by atoms with Gasteiger partial charge in [0.2, 0.25) is 0 Å². The van der Waals surface area contributed by atoms with Crippen LogP contribution in [0.1, 0.15) is 0 Å². The number of nitrogens with zero attached hydrogens (tertiary/aromatic N) is 3. The molecule has 0 aliphatic heterocycles. The molecule has 11 rings (SSSR count). The number of fused-ring (bicyclic) bond motifs is 13. The van der Waals surface area contributed by atoms with Crippen LogP contribution in [0.2, 0.25) is 0 Å². The van der Waals surface area contributed by atoms with Crippen molar-refractivity contribution in [3.8, 4) is 22.5 Å². The van der Waals surface area contributed by atoms with Gasteiger partial charge < -0.3 is 13.5 Å². The topological polar surface area (TPSA) is 14.3 Å². The molecular formula is C46H29N3. The monoisotopic (exact) mass is 623 g/mol. The van der Waals surface area contributed by atoms with Crippen molar-refractivity contribution in [3.05, 3.63) is 176 Å². The van der Waals surface area contributed by atoms with Crippen molar-refractivity contribution in [2.45, 2.75) is 0 Å². The fourth-order valence-corrected chi connectivity index (χ4v) is 8.31. The molecule has 0 radical (unpaired) electrons. The lowest BCUT2D eigenvalue weighted by atomic mass is 10.0. The Hall–Kier alpha value is -6.58. The summed E-state index contributed by atoms with van der Waals surface area (Å²) < 4.78 is 7.31. The maximum absolute atomic E-state index is 2.50. The molecule has 3 nitrogen and oxygen atoms in total. The van der Waals surface area contributed by atoms with E-state index in [-0.39, 0.29) is 0 Å². The van der Waals surface area contributed by atoms with Crippen molar-refractivity contribution in [2.24, 2.45) is 0 Å². The van der Waals surface area contributed by atoms with Crippen molar-refractivity contribution < 1.29 is 0 Å². The van der Waals surface area contributed by atoms with Crippen molar-refractivity contribution in [1.29, 1.82) is 0 Å². The molecule has 0 spiro atoms. The molecular weight excluding hydrogens is 595 g/mol. The number of benzene rings is 7. The van der Waals surface area contributed by atoms with E-state index < -0.39 is 0 Å². The van der Waals surface area contributed by atoms with Gasteiger partial charge in [0, 0.05) is 38.3 Å². The van der Waals surface area contributed by atoms with Gasteiger partial charge in [-0.1, -0.05) is 109 Å². The first-order valence-electron chi connectivity index (χ1n) is 16.9. The van der Waals surface area contributed by atoms with Crippen LogP contribution in [0.25, 0.3) is 93.4 Å². The van der Waals surface area contributed by atoms with Crippen LogP contribution >= 0.6 is 0 Å². The van der Waals surface area contributed by atoms with Crippen LogP contribution in [-0.4, -0.2) is 13.5 Å². The van der Waals surface area contributed by atoms with Crippen LogP contribution in [0.5, 0.6) is 0 Å². The van der Waals surface area contributed by atoms with Gasteiger partial charge in [0.15, 0.2) is 0 Å². The normalized spacial score (nSPS) is 12.1. The van der Waals surface area contributed by atoms with Crippen LogP contribution in [-0.2, 0) is 0 Å². The van der Waals surface area contributed by atoms with Crippen molar-refractivity contribution >= 4 is 70.9 Å². The molecule has 0 aliphatic rings. The second kappa shape index (κ2) is 9.96. The second-order valence-corrected chi connectivity index (χ2v) is 13.0. The third-order valence-electron chi connectivity index (χ3n) is 10.4. The molecule has 0 amide bonds. The average molecular weight is 624 g/mol. The van der Waals surface area contributed by atoms with E-state index in [1.165, 1.54) is 87.7 Å². The summed E-state index contributed by atoms with van der Waals surface area (Å²) in [5.41, 5.74) is 13.3. The molecule has 0 atom stereocenters. The van der Waals surface area contributed by atoms with Gasteiger partial charge in [-0.2, -0.15) is 0 Å². The quantitative estimate of drug-likeness (QED) is 0.174. The molecule has 49 heavy (non-hydrogen) atoms. The number of hydrogen-bond acceptors (Lipinski definition) is 0. The first kappa shape index (κ1) is 26.5. The van der Waals surface area contributed by atoms with E-state index in [2.05, 4.69) is 189 Å². The Morgan fingerprint density at radius 2 is 0.714 bits per heavy atom. The second-order valence-electron chi connectivity index (χ2n) is 13.0. The first-order chi connectivity index (χ1) is 24.3. The molecule has 0 aliphatic carbocycles. The Balaban J connectivity index is 1.24. The highest BCUT2D eigenvalue weighted by molar-refractivity contribution is 6.20. The van der Waals surface area contributed by atoms with Crippen LogP contribution in [0, 0.1) is 0 Å². The highest BCUT2D eigenvalue weighted by Crippen LogP contribution is 2.42. The third kappa shape index (κ3) is 3.67. The van der Waals surface area contributed by atoms with Crippen molar-refractivity contribution in [2.75, 3.05) is 0 Å². The van der Waals surface area contributed by atoms with Gasteiger partial charge in [0.05, 0.1) is 38.6 Å². The zero-order chi connectivity index (χ0) is 32.1. The molecule has 4 aromatic heterocycles. The van der Waals surface area contributed by atoms with Crippen molar-refractivity contribution in [1.82, 2.24) is 13.5 Å². The molecule has 0 fully saturated rings. The fourth-order valence-electron chi connectivity index (χ4n) is 8.31. The van der Waals surface area contributed by atoms with E-state index in [0.717, 1.165) is 5.69 Å². The van der Waals surface area contributed by atoms with Gasteiger partial charge in [-0.3, -0.25) is 0 Å². The molecule has 0 bridgehead atoms. The highest BCUT2D eigenvalue weighted by atomic mass is 15.0. The van der Waals surface area contributed by atoms with Gasteiger partial charge in [0.1, 0.15) is 0 Å². The summed E-state index contributed by atoms with van der Waals surface area (Å²) in [6.07, 6.45) is 0. The van der Waals surface area contributed by atoms with Crippen LogP contribution in [0.4, 0.5) is 0 Å². The van der Waals surface area contributed by atoms with E-state index in [1.807, 2.05) is 0 Å². The molecule has 228 valence electrons. The Kier molecular flexibility index (Phi) is 5.38. The number of aromatic nitrogens is 3. The molecule has 4 heterocycles. The zero-order valence-corrected chi connectivity index (χ0v) is 26.6. The minimum atomic E-state index is 1.16. The summed E-state index contributed by atoms with van der Waals surface area (Å²) in [7, 11) is 0. The van der Waals surface area contributed by atoms with E-state index >= 15 is 0 Å². The predicted molar refractivity (Wildman–Crippen MR) is 207 cm³/mol. The van der Waals surface area contributed by atoms with E-state index in [9.17, 15) is 0 Å². The minimum Gasteiger partial charge on any atom is -0.309 e. The number of hydrogen-bond donors (Lipinski definition) is 0. The van der Waals surface area contributed by atoms with Gasteiger partial charge in [-0.15, -0.1) is 0 Å². The molecule has 0 unspecified atom stereocenters. The summed E-state index contributed by atoms with van der Waals surface area (Å²) >= 11 is 0. The number of pyridine rings is 1. The number of rotatable bonds is 3. The van der Waals surface area contributed by atoms with Crippen LogP contribution in [0.3, 0.4) is 0 Å². The first-order valence-corrected chi connectivity index (χ1v) is 16.9. The van der Waals surface area contributed by atoms with E-state index in [4.69, 9.17) is 0 Å². The lowest BCUT2D eigenvalue weighted by Gasteiger charge is -2.11. The van der Waals surface area contributed by atoms with Gasteiger partial charge in [-0.25, -0.2) is 0 Å². The Labute approximate surface area is 282 Å². The standard InChI is InChI=1S/C46H29N3/c1-3-13-32(14-4-1)47-40-21-11-10-20-37(40)38-27-30(23-25-42(38)47)31-24-26-43-39(28-31)46-45(48(43)33-15-5-2-6-16-33)29-44-36-19-8-7-17-34(36)35-18-9-12-22-41(35)49(44)46/h1-29H. The van der Waals surface area contributed by atoms with Gasteiger partial charge in [-0.05, 0) is 83.2 Å². The van der Waals surface area contributed by atoms with Gasteiger partial charge in [0.25, 0.3) is 0 Å². The zero-order valence-electron chi connectivity index (χ0n) is 26.6. The van der Waals surface area contributed by atoms with Crippen LogP contribution < -0.4 is 0 Å². The number of para-hydroxylation sites is 4. The molecule has 0 N–H and O–H groups in total. The van der Waals surface area contributed by atoms with Crippen LogP contribution in [0.15, 0.2) is 176 Å². The molecule has 0 saturated carbocycles. The molecule has 0 saturated heterocycles. The van der Waals surface area contributed by atoms with E-state index in [1.54, 1.807) is 0 Å². The third-order valence-corrected chi connectivity index (χ3v) is 10.4. The minimum absolute atomic E-state index is 1.16. The average Bonchev–Trinajstić information content (AvgIpc) is 3.82. The molecule has 7 aromatic carbocycles. The maximum atomic E-state index is 2.50. The smallest absolute Gasteiger partial charge is 0.0798 e. The fraction of sp³-hybridized carbons (Fsp3) is 0. The SMILES string of the molecule is c1ccc(-n2c3ccccc3c3cc(-c4ccc5c(c4)c4c(cc6c7ccccc7c7ccccc7n64)n5-c4ccccc4)ccc32)cc1. The molecule has 3 heteroatoms. The summed E-state index contributed by atoms with van der Waals surface area (Å²) in [5.74, 6) is 0. The largest absolute Gasteiger partial charge is 0.309 e. The van der Waals surface area contributed by atoms with Gasteiger partial charge >= 0.3 is 0 Å². The Morgan fingerprint density at radius 3 is 1.37 bits per heavy atom. The lowest BCUT2D eigenvalue weighted by molar-refractivity contribution is 1.18. The predicted octanol–water partition coefficient (Wildman–Crippen LogP) is 12.1. The Bertz CT molecular complexity index is 3090. The Morgan fingerprint density at radius 1 is 0.265 bits per heavy atom. The lowest BCUT2D eigenvalue weighted by Crippen LogP contribution is -1.93. The maximum Gasteiger partial charge on any atom is 0.0798 e. The van der Waals surface area contributed by atoms with Crippen molar-refractivity contribution in [3.63, 3.8) is 0 Å². The summed E-state index contributed by atoms with van der Waals surface area (Å²) in [5, 5.41) is 7.57. The molecule has 11 aromatic rings. The summed E-state index contributed by atoms with van der Waals surface area (Å²) in [4.78, 5) is 0. The summed E-state index contributed by atoms with van der Waals surface area (Å²) in [6, 6.07) is 64.2.